The van der Waals surface area contributed by atoms with Crippen LogP contribution in [0, 0.1) is 5.92 Å². The van der Waals surface area contributed by atoms with E-state index in [1.54, 1.807) is 0 Å². The maximum atomic E-state index is 12.0. The molecule has 1 aliphatic heterocycles. The predicted octanol–water partition coefficient (Wildman–Crippen LogP) is 1.52. The molecule has 0 unspecified atom stereocenters. The zero-order valence-corrected chi connectivity index (χ0v) is 11.3. The van der Waals surface area contributed by atoms with E-state index in [0.29, 0.717) is 18.0 Å². The number of nitrogens with one attached hydrogen (secondary N) is 1. The molecular formula is C13H25N3O. The number of carbonyl (C=O) groups excluding carboxylic acids is 1. The SMILES string of the molecule is CC(C)CN1CCN(C(=O)NC2CC2)[C@H](C)C1. The standard InChI is InChI=1S/C13H25N3O/c1-10(2)8-15-6-7-16(11(3)9-15)13(17)14-12-4-5-12/h10-12H,4-9H2,1-3H3,(H,14,17)/t11-/m1/s1. The highest BCUT2D eigenvalue weighted by molar-refractivity contribution is 5.75. The Labute approximate surface area is 104 Å². The van der Waals surface area contributed by atoms with Crippen molar-refractivity contribution in [3.05, 3.63) is 0 Å². The van der Waals surface area contributed by atoms with E-state index in [0.717, 1.165) is 39.0 Å². The molecule has 0 aromatic heterocycles. The van der Waals surface area contributed by atoms with Crippen LogP contribution in [0.15, 0.2) is 0 Å². The average Bonchev–Trinajstić information content (AvgIpc) is 3.00. The van der Waals surface area contributed by atoms with Crippen molar-refractivity contribution in [1.82, 2.24) is 15.1 Å². The lowest BCUT2D eigenvalue weighted by Gasteiger charge is -2.40. The summed E-state index contributed by atoms with van der Waals surface area (Å²) in [7, 11) is 0. The van der Waals surface area contributed by atoms with Gasteiger partial charge in [-0.3, -0.25) is 4.90 Å². The molecule has 1 aliphatic carbocycles. The minimum Gasteiger partial charge on any atom is -0.335 e. The van der Waals surface area contributed by atoms with Crippen molar-refractivity contribution in [2.45, 2.75) is 45.7 Å². The number of piperazine rings is 1. The number of amides is 2. The molecule has 0 aromatic rings. The molecular weight excluding hydrogens is 214 g/mol. The molecule has 0 aromatic carbocycles. The van der Waals surface area contributed by atoms with Gasteiger partial charge >= 0.3 is 6.03 Å². The monoisotopic (exact) mass is 239 g/mol. The molecule has 1 heterocycles. The Morgan fingerprint density at radius 1 is 1.35 bits per heavy atom. The molecule has 4 heteroatoms. The molecule has 0 bridgehead atoms. The summed E-state index contributed by atoms with van der Waals surface area (Å²) >= 11 is 0. The first kappa shape index (κ1) is 12.7. The molecule has 2 aliphatic rings. The highest BCUT2D eigenvalue weighted by Gasteiger charge is 2.31. The normalized spacial score (nSPS) is 26.4. The summed E-state index contributed by atoms with van der Waals surface area (Å²) in [5, 5.41) is 3.08. The van der Waals surface area contributed by atoms with Crippen LogP contribution in [0.1, 0.15) is 33.6 Å². The zero-order valence-electron chi connectivity index (χ0n) is 11.3. The summed E-state index contributed by atoms with van der Waals surface area (Å²) in [4.78, 5) is 16.4. The Bertz CT molecular complexity index is 276. The smallest absolute Gasteiger partial charge is 0.317 e. The number of carbonyl (C=O) groups is 1. The summed E-state index contributed by atoms with van der Waals surface area (Å²) in [6.45, 7) is 10.7. The summed E-state index contributed by atoms with van der Waals surface area (Å²) in [5.74, 6) is 0.703. The van der Waals surface area contributed by atoms with Crippen LogP contribution in [-0.2, 0) is 0 Å². The summed E-state index contributed by atoms with van der Waals surface area (Å²) in [6, 6.07) is 0.939. The van der Waals surface area contributed by atoms with E-state index < -0.39 is 0 Å². The van der Waals surface area contributed by atoms with E-state index in [1.165, 1.54) is 0 Å². The summed E-state index contributed by atoms with van der Waals surface area (Å²) in [6.07, 6.45) is 2.32. The van der Waals surface area contributed by atoms with Crippen LogP contribution in [0.25, 0.3) is 0 Å². The highest BCUT2D eigenvalue weighted by atomic mass is 16.2. The first-order valence-electron chi connectivity index (χ1n) is 6.85. The fourth-order valence-electron chi connectivity index (χ4n) is 2.50. The van der Waals surface area contributed by atoms with Crippen LogP contribution in [0.4, 0.5) is 4.79 Å². The Balaban J connectivity index is 1.80. The largest absolute Gasteiger partial charge is 0.335 e. The van der Waals surface area contributed by atoms with Crippen LogP contribution in [0.3, 0.4) is 0 Å². The van der Waals surface area contributed by atoms with Gasteiger partial charge in [-0.05, 0) is 25.7 Å². The van der Waals surface area contributed by atoms with Crippen LogP contribution in [-0.4, -0.2) is 54.1 Å². The molecule has 0 radical (unpaired) electrons. The first-order valence-corrected chi connectivity index (χ1v) is 6.85. The Kier molecular flexibility index (Phi) is 3.92. The molecule has 2 rings (SSSR count). The van der Waals surface area contributed by atoms with Crippen molar-refractivity contribution in [3.8, 4) is 0 Å². The Morgan fingerprint density at radius 2 is 2.06 bits per heavy atom. The Morgan fingerprint density at radius 3 is 2.59 bits per heavy atom. The lowest BCUT2D eigenvalue weighted by molar-refractivity contribution is 0.0944. The minimum atomic E-state index is 0.143. The van der Waals surface area contributed by atoms with Crippen LogP contribution >= 0.6 is 0 Å². The average molecular weight is 239 g/mol. The van der Waals surface area contributed by atoms with Crippen molar-refractivity contribution in [2.24, 2.45) is 5.92 Å². The molecule has 2 fully saturated rings. The lowest BCUT2D eigenvalue weighted by Crippen LogP contribution is -2.57. The van der Waals surface area contributed by atoms with Crippen molar-refractivity contribution >= 4 is 6.03 Å². The predicted molar refractivity (Wildman–Crippen MR) is 69.0 cm³/mol. The van der Waals surface area contributed by atoms with E-state index in [1.807, 2.05) is 4.90 Å². The van der Waals surface area contributed by atoms with Gasteiger partial charge in [0.15, 0.2) is 0 Å². The quantitative estimate of drug-likeness (QED) is 0.810. The van der Waals surface area contributed by atoms with Gasteiger partial charge < -0.3 is 10.2 Å². The minimum absolute atomic E-state index is 0.143. The maximum Gasteiger partial charge on any atom is 0.317 e. The number of nitrogens with zero attached hydrogens (tertiary/aromatic N) is 2. The first-order chi connectivity index (χ1) is 8.06. The van der Waals surface area contributed by atoms with Crippen LogP contribution < -0.4 is 5.32 Å². The van der Waals surface area contributed by atoms with Gasteiger partial charge in [0.25, 0.3) is 0 Å². The van der Waals surface area contributed by atoms with Gasteiger partial charge in [0.2, 0.25) is 0 Å². The van der Waals surface area contributed by atoms with Crippen molar-refractivity contribution in [1.29, 1.82) is 0 Å². The van der Waals surface area contributed by atoms with Gasteiger partial charge in [-0.15, -0.1) is 0 Å². The molecule has 98 valence electrons. The molecule has 2 amide bonds. The molecule has 1 saturated carbocycles. The second-order valence-corrected chi connectivity index (χ2v) is 5.92. The Hall–Kier alpha value is -0.770. The number of hydrogen-bond acceptors (Lipinski definition) is 2. The lowest BCUT2D eigenvalue weighted by atomic mass is 10.1. The van der Waals surface area contributed by atoms with Crippen LogP contribution in [0.5, 0.6) is 0 Å². The molecule has 1 N–H and O–H groups in total. The topological polar surface area (TPSA) is 35.6 Å². The maximum absolute atomic E-state index is 12.0. The van der Waals surface area contributed by atoms with E-state index in [4.69, 9.17) is 0 Å². The summed E-state index contributed by atoms with van der Waals surface area (Å²) in [5.41, 5.74) is 0. The molecule has 1 atom stereocenters. The third-order valence-corrected chi connectivity index (χ3v) is 3.50. The van der Waals surface area contributed by atoms with E-state index in [9.17, 15) is 4.79 Å². The van der Waals surface area contributed by atoms with Gasteiger partial charge in [0.05, 0.1) is 0 Å². The number of hydrogen-bond donors (Lipinski definition) is 1. The molecule has 0 spiro atoms. The third-order valence-electron chi connectivity index (χ3n) is 3.50. The second kappa shape index (κ2) is 5.25. The van der Waals surface area contributed by atoms with Crippen molar-refractivity contribution in [3.63, 3.8) is 0 Å². The molecule has 17 heavy (non-hydrogen) atoms. The fraction of sp³-hybridized carbons (Fsp3) is 0.923. The van der Waals surface area contributed by atoms with Gasteiger partial charge in [0.1, 0.15) is 0 Å². The number of urea groups is 1. The van der Waals surface area contributed by atoms with Gasteiger partial charge in [0, 0.05) is 38.3 Å². The third kappa shape index (κ3) is 3.60. The van der Waals surface area contributed by atoms with Gasteiger partial charge in [-0.1, -0.05) is 13.8 Å². The number of rotatable bonds is 3. The van der Waals surface area contributed by atoms with Crippen LogP contribution in [0.2, 0.25) is 0 Å². The van der Waals surface area contributed by atoms with E-state index in [2.05, 4.69) is 31.0 Å². The zero-order chi connectivity index (χ0) is 12.4. The summed E-state index contributed by atoms with van der Waals surface area (Å²) < 4.78 is 0. The van der Waals surface area contributed by atoms with Gasteiger partial charge in [-0.25, -0.2) is 4.79 Å². The van der Waals surface area contributed by atoms with Gasteiger partial charge in [-0.2, -0.15) is 0 Å². The van der Waals surface area contributed by atoms with Crippen molar-refractivity contribution in [2.75, 3.05) is 26.2 Å². The second-order valence-electron chi connectivity index (χ2n) is 5.92. The molecule has 4 nitrogen and oxygen atoms in total. The van der Waals surface area contributed by atoms with E-state index >= 15 is 0 Å². The fourth-order valence-corrected chi connectivity index (χ4v) is 2.50. The van der Waals surface area contributed by atoms with Crippen molar-refractivity contribution < 1.29 is 4.79 Å². The molecule has 1 saturated heterocycles. The highest BCUT2D eigenvalue weighted by Crippen LogP contribution is 2.20. The van der Waals surface area contributed by atoms with E-state index in [-0.39, 0.29) is 6.03 Å².